The highest BCUT2D eigenvalue weighted by Crippen LogP contribution is 1.84. The van der Waals surface area contributed by atoms with Crippen molar-refractivity contribution < 1.29 is 11.0 Å². The zero-order valence-corrected chi connectivity index (χ0v) is 9.17. The average Bonchev–Trinajstić information content (AvgIpc) is 2.21. The van der Waals surface area contributed by atoms with Crippen molar-refractivity contribution in [2.45, 2.75) is 0 Å². The fraction of sp³-hybridized carbons (Fsp3) is 0. The summed E-state index contributed by atoms with van der Waals surface area (Å²) in [5, 5.41) is 2.79. The predicted octanol–water partition coefficient (Wildman–Crippen LogP) is 0.988. The maximum absolute atomic E-state index is 2.17. The van der Waals surface area contributed by atoms with Crippen LogP contribution in [0.4, 0.5) is 0 Å². The van der Waals surface area contributed by atoms with Crippen molar-refractivity contribution in [1.29, 1.82) is 0 Å². The van der Waals surface area contributed by atoms with Crippen molar-refractivity contribution in [3.05, 3.63) is 60.7 Å². The summed E-state index contributed by atoms with van der Waals surface area (Å²) in [6.45, 7) is 0. The molecule has 2 aromatic rings. The minimum Gasteiger partial charge on any atom is -0.870 e. The molecule has 2 radical (unpaired) electrons. The van der Waals surface area contributed by atoms with Gasteiger partial charge >= 0.3 is 0 Å². The van der Waals surface area contributed by atoms with Crippen molar-refractivity contribution in [3.8, 4) is 0 Å². The smallest absolute Gasteiger partial charge is 0.121 e. The van der Waals surface area contributed by atoms with Crippen LogP contribution in [0.3, 0.4) is 0 Å². The lowest BCUT2D eigenvalue weighted by molar-refractivity contribution is 0.823. The van der Waals surface area contributed by atoms with Gasteiger partial charge < -0.3 is 11.0 Å². The van der Waals surface area contributed by atoms with E-state index in [-0.39, 0.29) is 11.0 Å². The van der Waals surface area contributed by atoms with Crippen LogP contribution >= 0.6 is 0 Å². The fourth-order valence-corrected chi connectivity index (χ4v) is 2.26. The normalized spacial score (nSPS) is 8.53. The van der Waals surface area contributed by atoms with E-state index in [1.54, 1.807) is 0 Å². The molecular weight excluding hydrogens is 204 g/mol. The molecule has 2 rings (SSSR count). The second-order valence-corrected chi connectivity index (χ2v) is 4.26. The van der Waals surface area contributed by atoms with Crippen molar-refractivity contribution in [2.75, 3.05) is 0 Å². The van der Waals surface area contributed by atoms with Gasteiger partial charge in [-0.05, 0) is 0 Å². The van der Waals surface area contributed by atoms with Crippen LogP contribution in [0.25, 0.3) is 0 Å². The summed E-state index contributed by atoms with van der Waals surface area (Å²) in [7, 11) is 0.777. The first-order valence-corrected chi connectivity index (χ1v) is 5.32. The predicted molar refractivity (Wildman–Crippen MR) is 61.8 cm³/mol. The van der Waals surface area contributed by atoms with E-state index in [1.165, 1.54) is 10.4 Å². The average molecular weight is 216 g/mol. The first-order valence-electron chi connectivity index (χ1n) is 4.32. The highest BCUT2D eigenvalue weighted by Gasteiger charge is 1.94. The Kier molecular flexibility index (Phi) is 6.29. The number of rotatable bonds is 2. The second-order valence-electron chi connectivity index (χ2n) is 2.86. The SMILES string of the molecule is [OH-].[OH-].c1ccc([Si]c2ccccc2)cc1. The van der Waals surface area contributed by atoms with Gasteiger partial charge in [-0.15, -0.1) is 0 Å². The summed E-state index contributed by atoms with van der Waals surface area (Å²) in [5.41, 5.74) is 0. The Morgan fingerprint density at radius 3 is 1.20 bits per heavy atom. The fourth-order valence-electron chi connectivity index (χ4n) is 1.21. The maximum atomic E-state index is 2.17. The van der Waals surface area contributed by atoms with E-state index in [2.05, 4.69) is 60.7 Å². The molecule has 2 N–H and O–H groups in total. The van der Waals surface area contributed by atoms with Gasteiger partial charge in [0, 0.05) is 0 Å². The molecule has 0 heterocycles. The van der Waals surface area contributed by atoms with Gasteiger partial charge in [0.2, 0.25) is 0 Å². The minimum absolute atomic E-state index is 0. The highest BCUT2D eigenvalue weighted by molar-refractivity contribution is 6.67. The number of hydrogen-bond acceptors (Lipinski definition) is 2. The van der Waals surface area contributed by atoms with Gasteiger partial charge in [-0.1, -0.05) is 71.0 Å². The van der Waals surface area contributed by atoms with Crippen LogP contribution in [0.5, 0.6) is 0 Å². The van der Waals surface area contributed by atoms with Crippen LogP contribution in [0.15, 0.2) is 60.7 Å². The van der Waals surface area contributed by atoms with Gasteiger partial charge in [-0.2, -0.15) is 0 Å². The van der Waals surface area contributed by atoms with Gasteiger partial charge in [0.05, 0.1) is 0 Å². The zero-order valence-electron chi connectivity index (χ0n) is 8.17. The Morgan fingerprint density at radius 1 is 0.533 bits per heavy atom. The quantitative estimate of drug-likeness (QED) is 0.703. The lowest BCUT2D eigenvalue weighted by Gasteiger charge is -1.98. The molecule has 0 aliphatic rings. The molecule has 0 spiro atoms. The van der Waals surface area contributed by atoms with E-state index in [1.807, 2.05) is 0 Å². The summed E-state index contributed by atoms with van der Waals surface area (Å²) in [6.07, 6.45) is 0. The standard InChI is InChI=1S/C12H10Si.2H2O/c1-3-7-11(8-4-1)13-12-9-5-2-6-10-12;;/h1-10H;2*1H2/p-2. The van der Waals surface area contributed by atoms with Gasteiger partial charge in [-0.3, -0.25) is 0 Å². The van der Waals surface area contributed by atoms with Crippen molar-refractivity contribution >= 4 is 19.9 Å². The minimum atomic E-state index is 0. The van der Waals surface area contributed by atoms with Crippen molar-refractivity contribution in [3.63, 3.8) is 0 Å². The van der Waals surface area contributed by atoms with E-state index in [4.69, 9.17) is 0 Å². The molecule has 78 valence electrons. The molecule has 0 bridgehead atoms. The lowest BCUT2D eigenvalue weighted by Crippen LogP contribution is -2.26. The first-order chi connectivity index (χ1) is 6.45. The van der Waals surface area contributed by atoms with E-state index in [0.29, 0.717) is 0 Å². The second kappa shape index (κ2) is 6.95. The van der Waals surface area contributed by atoms with Crippen LogP contribution in [0, 0.1) is 0 Å². The molecule has 0 aromatic heterocycles. The maximum Gasteiger partial charge on any atom is 0.121 e. The molecule has 0 saturated carbocycles. The summed E-state index contributed by atoms with van der Waals surface area (Å²) in [5.74, 6) is 0. The third-order valence-electron chi connectivity index (χ3n) is 1.84. The van der Waals surface area contributed by atoms with Crippen LogP contribution in [0.2, 0.25) is 0 Å². The van der Waals surface area contributed by atoms with Gasteiger partial charge in [0.25, 0.3) is 0 Å². The molecule has 0 aliphatic heterocycles. The van der Waals surface area contributed by atoms with Crippen LogP contribution in [-0.2, 0) is 0 Å². The molecular formula is C12H12O2Si-2. The summed E-state index contributed by atoms with van der Waals surface area (Å²) in [4.78, 5) is 0. The third kappa shape index (κ3) is 4.08. The molecule has 2 nitrogen and oxygen atoms in total. The Labute approximate surface area is 92.0 Å². The molecule has 0 fully saturated rings. The largest absolute Gasteiger partial charge is 0.870 e. The van der Waals surface area contributed by atoms with Gasteiger partial charge in [0.15, 0.2) is 0 Å². The Balaban J connectivity index is 0.000000980. The van der Waals surface area contributed by atoms with E-state index < -0.39 is 0 Å². The topological polar surface area (TPSA) is 60.0 Å². The van der Waals surface area contributed by atoms with Gasteiger partial charge in [-0.25, -0.2) is 0 Å². The molecule has 3 heteroatoms. The zero-order chi connectivity index (χ0) is 8.93. The monoisotopic (exact) mass is 216 g/mol. The van der Waals surface area contributed by atoms with E-state index in [9.17, 15) is 0 Å². The number of hydrogen-bond donors (Lipinski definition) is 0. The Hall–Kier alpha value is -1.42. The summed E-state index contributed by atoms with van der Waals surface area (Å²) < 4.78 is 0. The highest BCUT2D eigenvalue weighted by atomic mass is 28.2. The van der Waals surface area contributed by atoms with Gasteiger partial charge in [0.1, 0.15) is 9.52 Å². The van der Waals surface area contributed by atoms with E-state index in [0.717, 1.165) is 9.52 Å². The van der Waals surface area contributed by atoms with Crippen LogP contribution < -0.4 is 10.4 Å². The third-order valence-corrected chi connectivity index (χ3v) is 3.08. The van der Waals surface area contributed by atoms with Crippen molar-refractivity contribution in [2.24, 2.45) is 0 Å². The van der Waals surface area contributed by atoms with Crippen molar-refractivity contribution in [1.82, 2.24) is 0 Å². The Bertz CT molecular complexity index is 324. The van der Waals surface area contributed by atoms with E-state index >= 15 is 0 Å². The molecule has 0 aliphatic carbocycles. The summed E-state index contributed by atoms with van der Waals surface area (Å²) in [6, 6.07) is 21.2. The van der Waals surface area contributed by atoms with Crippen LogP contribution in [0.1, 0.15) is 0 Å². The molecule has 0 atom stereocenters. The Morgan fingerprint density at radius 2 is 0.867 bits per heavy atom. The first kappa shape index (κ1) is 13.6. The molecule has 0 saturated heterocycles. The molecule has 15 heavy (non-hydrogen) atoms. The number of benzene rings is 2. The lowest BCUT2D eigenvalue weighted by atomic mass is 10.4. The van der Waals surface area contributed by atoms with Crippen LogP contribution in [-0.4, -0.2) is 20.5 Å². The molecule has 2 aromatic carbocycles. The summed E-state index contributed by atoms with van der Waals surface area (Å²) >= 11 is 0. The molecule has 0 amide bonds. The molecule has 0 unspecified atom stereocenters.